The molecule has 0 bridgehead atoms. The largest absolute Gasteiger partial charge is 0.392 e. The molecule has 1 unspecified atom stereocenters. The molecule has 1 rings (SSSR count). The van der Waals surface area contributed by atoms with Crippen LogP contribution in [-0.2, 0) is 0 Å². The Hall–Kier alpha value is -0.160. The lowest BCUT2D eigenvalue weighted by molar-refractivity contribution is 0.129. The van der Waals surface area contributed by atoms with Gasteiger partial charge in [0.25, 0.3) is 0 Å². The molecule has 1 aliphatic rings. The highest BCUT2D eigenvalue weighted by Gasteiger charge is 2.10. The smallest absolute Gasteiger partial charge is 0.0638 e. The van der Waals surface area contributed by atoms with Crippen LogP contribution in [0.3, 0.4) is 0 Å². The predicted molar refractivity (Wildman–Crippen MR) is 58.5 cm³/mol. The fraction of sp³-hybridized carbons (Fsp3) is 1.00. The number of likely N-dealkylation sites (N-methyl/N-ethyl adjacent to an activating group) is 1. The first-order chi connectivity index (χ1) is 6.68. The Morgan fingerprint density at radius 2 is 2.07 bits per heavy atom. The maximum absolute atomic E-state index is 9.19. The van der Waals surface area contributed by atoms with Crippen LogP contribution in [0.2, 0.25) is 0 Å². The van der Waals surface area contributed by atoms with Gasteiger partial charge in [-0.05, 0) is 14.0 Å². The number of hydrogen-bond acceptors (Lipinski definition) is 4. The minimum Gasteiger partial charge on any atom is -0.392 e. The maximum atomic E-state index is 9.19. The molecule has 1 heterocycles. The molecular formula is C10H23N3O. The van der Waals surface area contributed by atoms with Gasteiger partial charge in [-0.3, -0.25) is 4.90 Å². The Labute approximate surface area is 86.9 Å². The van der Waals surface area contributed by atoms with Crippen molar-refractivity contribution in [2.75, 3.05) is 52.9 Å². The number of nitrogens with zero attached hydrogens (tertiary/aromatic N) is 2. The van der Waals surface area contributed by atoms with Crippen molar-refractivity contribution < 1.29 is 5.11 Å². The van der Waals surface area contributed by atoms with Crippen LogP contribution in [0.1, 0.15) is 6.92 Å². The SMILES string of the molecule is CC(O)CN(C)CCN1CCNCC1. The van der Waals surface area contributed by atoms with Crippen molar-refractivity contribution in [1.82, 2.24) is 15.1 Å². The standard InChI is InChI=1S/C10H23N3O/c1-10(14)9-12(2)7-8-13-5-3-11-4-6-13/h10-11,14H,3-9H2,1-2H3. The molecule has 14 heavy (non-hydrogen) atoms. The highest BCUT2D eigenvalue weighted by molar-refractivity contribution is 4.69. The van der Waals surface area contributed by atoms with E-state index in [9.17, 15) is 5.11 Å². The molecule has 0 aliphatic carbocycles. The Bertz CT molecular complexity index is 146. The van der Waals surface area contributed by atoms with Gasteiger partial charge < -0.3 is 15.3 Å². The van der Waals surface area contributed by atoms with E-state index in [0.717, 1.165) is 45.8 Å². The summed E-state index contributed by atoms with van der Waals surface area (Å²) in [7, 11) is 2.06. The highest BCUT2D eigenvalue weighted by atomic mass is 16.3. The normalized spacial score (nSPS) is 21.4. The summed E-state index contributed by atoms with van der Waals surface area (Å²) in [6.45, 7) is 9.30. The zero-order valence-corrected chi connectivity index (χ0v) is 9.37. The van der Waals surface area contributed by atoms with Gasteiger partial charge >= 0.3 is 0 Å². The summed E-state index contributed by atoms with van der Waals surface area (Å²) in [5.74, 6) is 0. The molecule has 0 spiro atoms. The van der Waals surface area contributed by atoms with Crippen LogP contribution in [0.5, 0.6) is 0 Å². The molecule has 4 heteroatoms. The molecule has 1 atom stereocenters. The van der Waals surface area contributed by atoms with E-state index in [1.165, 1.54) is 0 Å². The number of rotatable bonds is 5. The third kappa shape index (κ3) is 4.91. The molecule has 0 amide bonds. The van der Waals surface area contributed by atoms with Gasteiger partial charge in [0.2, 0.25) is 0 Å². The summed E-state index contributed by atoms with van der Waals surface area (Å²) in [5.41, 5.74) is 0. The minimum atomic E-state index is -0.219. The quantitative estimate of drug-likeness (QED) is 0.611. The molecule has 2 N–H and O–H groups in total. The molecule has 0 radical (unpaired) electrons. The first-order valence-electron chi connectivity index (χ1n) is 5.48. The zero-order chi connectivity index (χ0) is 10.4. The van der Waals surface area contributed by atoms with Crippen molar-refractivity contribution >= 4 is 0 Å². The minimum absolute atomic E-state index is 0.219. The van der Waals surface area contributed by atoms with Crippen molar-refractivity contribution in [3.05, 3.63) is 0 Å². The lowest BCUT2D eigenvalue weighted by Gasteiger charge is -2.29. The topological polar surface area (TPSA) is 38.7 Å². The lowest BCUT2D eigenvalue weighted by Crippen LogP contribution is -2.46. The summed E-state index contributed by atoms with van der Waals surface area (Å²) in [5, 5.41) is 12.5. The van der Waals surface area contributed by atoms with Crippen molar-refractivity contribution in [3.63, 3.8) is 0 Å². The third-order valence-electron chi connectivity index (χ3n) is 2.58. The van der Waals surface area contributed by atoms with Gasteiger partial charge in [-0.1, -0.05) is 0 Å². The van der Waals surface area contributed by atoms with E-state index in [2.05, 4.69) is 22.2 Å². The molecule has 1 saturated heterocycles. The number of aliphatic hydroxyl groups excluding tert-OH is 1. The van der Waals surface area contributed by atoms with E-state index in [1.54, 1.807) is 0 Å². The van der Waals surface area contributed by atoms with Crippen LogP contribution in [0.25, 0.3) is 0 Å². The number of nitrogens with one attached hydrogen (secondary N) is 1. The Morgan fingerprint density at radius 3 is 2.64 bits per heavy atom. The van der Waals surface area contributed by atoms with Crippen LogP contribution in [0.4, 0.5) is 0 Å². The third-order valence-corrected chi connectivity index (χ3v) is 2.58. The second-order valence-electron chi connectivity index (χ2n) is 4.20. The second kappa shape index (κ2) is 6.35. The molecule has 1 aliphatic heterocycles. The van der Waals surface area contributed by atoms with Crippen LogP contribution in [0.15, 0.2) is 0 Å². The van der Waals surface area contributed by atoms with Crippen molar-refractivity contribution in [2.24, 2.45) is 0 Å². The molecule has 0 aromatic heterocycles. The summed E-state index contributed by atoms with van der Waals surface area (Å²) < 4.78 is 0. The van der Waals surface area contributed by atoms with Crippen molar-refractivity contribution in [2.45, 2.75) is 13.0 Å². The molecule has 4 nitrogen and oxygen atoms in total. The first-order valence-corrected chi connectivity index (χ1v) is 5.48. The van der Waals surface area contributed by atoms with E-state index in [0.29, 0.717) is 0 Å². The van der Waals surface area contributed by atoms with Crippen LogP contribution in [-0.4, -0.2) is 73.9 Å². The zero-order valence-electron chi connectivity index (χ0n) is 9.37. The highest BCUT2D eigenvalue weighted by Crippen LogP contribution is 1.94. The number of hydrogen-bond donors (Lipinski definition) is 2. The monoisotopic (exact) mass is 201 g/mol. The van der Waals surface area contributed by atoms with Gasteiger partial charge in [0.15, 0.2) is 0 Å². The molecule has 1 fully saturated rings. The Kier molecular flexibility index (Phi) is 5.40. The second-order valence-corrected chi connectivity index (χ2v) is 4.20. The first kappa shape index (κ1) is 11.9. The number of piperazine rings is 1. The summed E-state index contributed by atoms with van der Waals surface area (Å²) in [6.07, 6.45) is -0.219. The molecule has 0 aromatic rings. The van der Waals surface area contributed by atoms with Crippen LogP contribution >= 0.6 is 0 Å². The van der Waals surface area contributed by atoms with E-state index in [-0.39, 0.29) is 6.10 Å². The van der Waals surface area contributed by atoms with Gasteiger partial charge in [-0.15, -0.1) is 0 Å². The van der Waals surface area contributed by atoms with Crippen molar-refractivity contribution in [3.8, 4) is 0 Å². The number of aliphatic hydroxyl groups is 1. The van der Waals surface area contributed by atoms with Gasteiger partial charge in [0.05, 0.1) is 6.10 Å². The predicted octanol–water partition coefficient (Wildman–Crippen LogP) is -0.796. The van der Waals surface area contributed by atoms with Gasteiger partial charge in [-0.2, -0.15) is 0 Å². The molecule has 84 valence electrons. The fourth-order valence-corrected chi connectivity index (χ4v) is 1.79. The summed E-state index contributed by atoms with van der Waals surface area (Å²) >= 11 is 0. The average Bonchev–Trinajstić information content (AvgIpc) is 2.15. The van der Waals surface area contributed by atoms with E-state index >= 15 is 0 Å². The summed E-state index contributed by atoms with van der Waals surface area (Å²) in [4.78, 5) is 4.65. The molecule has 0 aromatic carbocycles. The van der Waals surface area contributed by atoms with Gasteiger partial charge in [0.1, 0.15) is 0 Å². The Balaban J connectivity index is 2.06. The van der Waals surface area contributed by atoms with E-state index < -0.39 is 0 Å². The Morgan fingerprint density at radius 1 is 1.43 bits per heavy atom. The van der Waals surface area contributed by atoms with Gasteiger partial charge in [-0.25, -0.2) is 0 Å². The average molecular weight is 201 g/mol. The van der Waals surface area contributed by atoms with E-state index in [4.69, 9.17) is 0 Å². The summed E-state index contributed by atoms with van der Waals surface area (Å²) in [6, 6.07) is 0. The fourth-order valence-electron chi connectivity index (χ4n) is 1.79. The maximum Gasteiger partial charge on any atom is 0.0638 e. The lowest BCUT2D eigenvalue weighted by atomic mass is 10.3. The van der Waals surface area contributed by atoms with Crippen LogP contribution in [0, 0.1) is 0 Å². The van der Waals surface area contributed by atoms with Crippen LogP contribution < -0.4 is 5.32 Å². The molecular weight excluding hydrogens is 178 g/mol. The van der Waals surface area contributed by atoms with E-state index in [1.807, 2.05) is 6.92 Å². The van der Waals surface area contributed by atoms with Crippen molar-refractivity contribution in [1.29, 1.82) is 0 Å². The molecule has 0 saturated carbocycles. The van der Waals surface area contributed by atoms with Gasteiger partial charge in [0, 0.05) is 45.8 Å².